The molecule has 1 fully saturated rings. The van der Waals surface area contributed by atoms with Crippen LogP contribution in [0.25, 0.3) is 6.08 Å². The molecule has 1 saturated heterocycles. The summed E-state index contributed by atoms with van der Waals surface area (Å²) in [4.78, 5) is 39.3. The summed E-state index contributed by atoms with van der Waals surface area (Å²) in [7, 11) is 0. The highest BCUT2D eigenvalue weighted by atomic mass is 16.5. The van der Waals surface area contributed by atoms with Crippen LogP contribution < -0.4 is 15.0 Å². The summed E-state index contributed by atoms with van der Waals surface area (Å²) in [5, 5.41) is 2.27. The lowest BCUT2D eigenvalue weighted by atomic mass is 10.0. The number of carbonyl (C=O) groups excluding carboxylic acids is 3. The van der Waals surface area contributed by atoms with Crippen molar-refractivity contribution in [2.24, 2.45) is 0 Å². The van der Waals surface area contributed by atoms with Gasteiger partial charge in [-0.25, -0.2) is 9.69 Å². The first kappa shape index (κ1) is 22.0. The molecule has 166 valence electrons. The number of para-hydroxylation sites is 1. The van der Waals surface area contributed by atoms with Gasteiger partial charge in [0, 0.05) is 5.56 Å². The number of urea groups is 1. The fourth-order valence-corrected chi connectivity index (χ4v) is 3.82. The number of ether oxygens (including phenoxy) is 1. The van der Waals surface area contributed by atoms with E-state index in [1.807, 2.05) is 57.2 Å². The van der Waals surface area contributed by atoms with E-state index in [0.717, 1.165) is 27.2 Å². The van der Waals surface area contributed by atoms with Crippen molar-refractivity contribution in [2.75, 3.05) is 4.90 Å². The van der Waals surface area contributed by atoms with Gasteiger partial charge in [0.1, 0.15) is 17.9 Å². The number of amides is 4. The first-order valence-corrected chi connectivity index (χ1v) is 10.6. The Morgan fingerprint density at radius 1 is 0.848 bits per heavy atom. The number of imide groups is 2. The van der Waals surface area contributed by atoms with E-state index in [1.165, 1.54) is 6.08 Å². The van der Waals surface area contributed by atoms with Crippen LogP contribution in [0.1, 0.15) is 27.8 Å². The van der Waals surface area contributed by atoms with Crippen molar-refractivity contribution >= 4 is 29.6 Å². The SMILES string of the molecule is Cc1cccc(COc2ccccc2/C=C2\C(=O)NC(=O)N(c3cc(C)cc(C)c3)C2=O)c1. The zero-order valence-corrected chi connectivity index (χ0v) is 18.7. The Labute approximate surface area is 192 Å². The maximum absolute atomic E-state index is 13.2. The van der Waals surface area contributed by atoms with Crippen molar-refractivity contribution in [3.63, 3.8) is 0 Å². The first-order valence-electron chi connectivity index (χ1n) is 10.6. The maximum atomic E-state index is 13.2. The van der Waals surface area contributed by atoms with E-state index in [1.54, 1.807) is 30.3 Å². The fraction of sp³-hybridized carbons (Fsp3) is 0.148. The average Bonchev–Trinajstić information content (AvgIpc) is 2.75. The van der Waals surface area contributed by atoms with Gasteiger partial charge < -0.3 is 4.74 Å². The van der Waals surface area contributed by atoms with Gasteiger partial charge in [-0.3, -0.25) is 14.9 Å². The first-order chi connectivity index (χ1) is 15.8. The summed E-state index contributed by atoms with van der Waals surface area (Å²) in [5.41, 5.74) is 4.80. The van der Waals surface area contributed by atoms with Gasteiger partial charge in [-0.15, -0.1) is 0 Å². The number of hydrogen-bond donors (Lipinski definition) is 1. The minimum atomic E-state index is -0.767. The van der Waals surface area contributed by atoms with Gasteiger partial charge in [-0.1, -0.05) is 54.1 Å². The third-order valence-corrected chi connectivity index (χ3v) is 5.26. The Balaban J connectivity index is 1.66. The Morgan fingerprint density at radius 2 is 1.58 bits per heavy atom. The molecule has 3 aromatic rings. The van der Waals surface area contributed by atoms with Crippen LogP contribution in [0.4, 0.5) is 10.5 Å². The molecule has 4 amide bonds. The summed E-state index contributed by atoms with van der Waals surface area (Å²) in [6, 6.07) is 19.8. The van der Waals surface area contributed by atoms with E-state index in [9.17, 15) is 14.4 Å². The van der Waals surface area contributed by atoms with Crippen molar-refractivity contribution in [3.8, 4) is 5.75 Å². The standard InChI is InChI=1S/C27H24N2O4/c1-17-7-6-8-20(12-17)16-33-24-10-5-4-9-21(24)15-23-25(30)28-27(32)29(26(23)31)22-13-18(2)11-19(3)14-22/h4-15H,16H2,1-3H3,(H,28,30,32)/b23-15+. The molecule has 6 nitrogen and oxygen atoms in total. The summed E-state index contributed by atoms with van der Waals surface area (Å²) >= 11 is 0. The molecule has 1 heterocycles. The second-order valence-electron chi connectivity index (χ2n) is 8.12. The van der Waals surface area contributed by atoms with E-state index in [0.29, 0.717) is 23.6 Å². The largest absolute Gasteiger partial charge is 0.488 e. The zero-order chi connectivity index (χ0) is 23.5. The number of carbonyl (C=O) groups is 3. The Kier molecular flexibility index (Phi) is 6.09. The third-order valence-electron chi connectivity index (χ3n) is 5.26. The molecule has 0 aliphatic carbocycles. The highest BCUT2D eigenvalue weighted by Gasteiger charge is 2.37. The average molecular weight is 440 g/mol. The monoisotopic (exact) mass is 440 g/mol. The van der Waals surface area contributed by atoms with Crippen LogP contribution in [0.15, 0.2) is 72.3 Å². The molecule has 1 aliphatic rings. The van der Waals surface area contributed by atoms with Crippen molar-refractivity contribution in [2.45, 2.75) is 27.4 Å². The summed E-state index contributed by atoms with van der Waals surface area (Å²) in [5.74, 6) is -0.886. The van der Waals surface area contributed by atoms with E-state index in [2.05, 4.69) is 5.32 Å². The Hall–Kier alpha value is -4.19. The second-order valence-corrected chi connectivity index (χ2v) is 8.12. The van der Waals surface area contributed by atoms with Gasteiger partial charge in [-0.2, -0.15) is 0 Å². The van der Waals surface area contributed by atoms with Crippen molar-refractivity contribution in [3.05, 3.63) is 100 Å². The van der Waals surface area contributed by atoms with Crippen LogP contribution in [0.5, 0.6) is 5.75 Å². The molecule has 4 rings (SSSR count). The molecule has 0 saturated carbocycles. The lowest BCUT2D eigenvalue weighted by molar-refractivity contribution is -0.122. The molecule has 0 atom stereocenters. The van der Waals surface area contributed by atoms with Crippen molar-refractivity contribution < 1.29 is 19.1 Å². The third kappa shape index (κ3) is 4.85. The van der Waals surface area contributed by atoms with Crippen LogP contribution in [-0.2, 0) is 16.2 Å². The van der Waals surface area contributed by atoms with Crippen LogP contribution in [-0.4, -0.2) is 17.8 Å². The van der Waals surface area contributed by atoms with E-state index in [4.69, 9.17) is 4.74 Å². The lowest BCUT2D eigenvalue weighted by Crippen LogP contribution is -2.54. The molecule has 0 radical (unpaired) electrons. The predicted molar refractivity (Wildman–Crippen MR) is 127 cm³/mol. The smallest absolute Gasteiger partial charge is 0.335 e. The highest BCUT2D eigenvalue weighted by molar-refractivity contribution is 6.39. The molecular formula is C27H24N2O4. The van der Waals surface area contributed by atoms with Crippen molar-refractivity contribution in [1.29, 1.82) is 0 Å². The topological polar surface area (TPSA) is 75.7 Å². The summed E-state index contributed by atoms with van der Waals surface area (Å²) < 4.78 is 5.99. The number of rotatable bonds is 5. The van der Waals surface area contributed by atoms with Crippen LogP contribution in [0.2, 0.25) is 0 Å². The maximum Gasteiger partial charge on any atom is 0.335 e. The highest BCUT2D eigenvalue weighted by Crippen LogP contribution is 2.27. The molecule has 0 bridgehead atoms. The fourth-order valence-electron chi connectivity index (χ4n) is 3.82. The van der Waals surface area contributed by atoms with Crippen LogP contribution in [0.3, 0.4) is 0 Å². The number of nitrogens with one attached hydrogen (secondary N) is 1. The van der Waals surface area contributed by atoms with Crippen molar-refractivity contribution in [1.82, 2.24) is 5.32 Å². The van der Waals surface area contributed by atoms with E-state index < -0.39 is 17.8 Å². The molecule has 1 aliphatic heterocycles. The number of hydrogen-bond acceptors (Lipinski definition) is 4. The normalized spacial score (nSPS) is 15.1. The molecule has 0 unspecified atom stereocenters. The molecular weight excluding hydrogens is 416 g/mol. The van der Waals surface area contributed by atoms with Gasteiger partial charge in [-0.05, 0) is 61.7 Å². The predicted octanol–water partition coefficient (Wildman–Crippen LogP) is 4.86. The Bertz CT molecular complexity index is 1270. The minimum absolute atomic E-state index is 0.139. The van der Waals surface area contributed by atoms with Gasteiger partial charge in [0.15, 0.2) is 0 Å². The molecule has 6 heteroatoms. The Morgan fingerprint density at radius 3 is 2.30 bits per heavy atom. The zero-order valence-electron chi connectivity index (χ0n) is 18.7. The van der Waals surface area contributed by atoms with Gasteiger partial charge >= 0.3 is 6.03 Å². The molecule has 33 heavy (non-hydrogen) atoms. The lowest BCUT2D eigenvalue weighted by Gasteiger charge is -2.27. The van der Waals surface area contributed by atoms with Crippen LogP contribution in [0, 0.1) is 20.8 Å². The molecule has 0 spiro atoms. The van der Waals surface area contributed by atoms with E-state index in [-0.39, 0.29) is 5.57 Å². The van der Waals surface area contributed by atoms with Gasteiger partial charge in [0.25, 0.3) is 11.8 Å². The van der Waals surface area contributed by atoms with Gasteiger partial charge in [0.2, 0.25) is 0 Å². The van der Waals surface area contributed by atoms with E-state index >= 15 is 0 Å². The minimum Gasteiger partial charge on any atom is -0.488 e. The molecule has 0 aromatic heterocycles. The molecule has 1 N–H and O–H groups in total. The molecule has 3 aromatic carbocycles. The second kappa shape index (κ2) is 9.12. The number of anilines is 1. The summed E-state index contributed by atoms with van der Waals surface area (Å²) in [6.45, 7) is 6.12. The quantitative estimate of drug-likeness (QED) is 0.454. The number of aryl methyl sites for hydroxylation is 3. The number of nitrogens with zero attached hydrogens (tertiary/aromatic N) is 1. The summed E-state index contributed by atoms with van der Waals surface area (Å²) in [6.07, 6.45) is 1.46. The van der Waals surface area contributed by atoms with Crippen LogP contribution >= 0.6 is 0 Å². The number of benzene rings is 3. The number of barbiturate groups is 1. The van der Waals surface area contributed by atoms with Gasteiger partial charge in [0.05, 0.1) is 5.69 Å².